The van der Waals surface area contributed by atoms with E-state index in [1.807, 2.05) is 37.4 Å². The van der Waals surface area contributed by atoms with Crippen LogP contribution >= 0.6 is 11.3 Å². The molecule has 0 saturated carbocycles. The average Bonchev–Trinajstić information content (AvgIpc) is 2.80. The number of thiophene rings is 1. The van der Waals surface area contributed by atoms with Crippen molar-refractivity contribution in [1.29, 1.82) is 0 Å². The van der Waals surface area contributed by atoms with Crippen molar-refractivity contribution in [3.05, 3.63) is 51.2 Å². The standard InChI is InChI=1S/C14H14O2S/c1-9-4-5-10(2)12(6-9)14(15)13-7-11(16-3)8-17-13/h4-8H,1-3H3. The van der Waals surface area contributed by atoms with Gasteiger partial charge in [0.15, 0.2) is 0 Å². The summed E-state index contributed by atoms with van der Waals surface area (Å²) < 4.78 is 5.09. The number of aryl methyl sites for hydroxylation is 2. The summed E-state index contributed by atoms with van der Waals surface area (Å²) in [5.74, 6) is 0.808. The van der Waals surface area contributed by atoms with E-state index in [2.05, 4.69) is 0 Å². The van der Waals surface area contributed by atoms with Crippen LogP contribution in [-0.2, 0) is 0 Å². The first-order valence-corrected chi connectivity index (χ1v) is 6.24. The van der Waals surface area contributed by atoms with Crippen LogP contribution in [0.4, 0.5) is 0 Å². The number of ketones is 1. The molecule has 0 fully saturated rings. The molecule has 0 aliphatic carbocycles. The van der Waals surface area contributed by atoms with Crippen molar-refractivity contribution in [1.82, 2.24) is 0 Å². The first kappa shape index (κ1) is 11.9. The molecule has 0 saturated heterocycles. The summed E-state index contributed by atoms with van der Waals surface area (Å²) in [5.41, 5.74) is 2.88. The van der Waals surface area contributed by atoms with Crippen molar-refractivity contribution < 1.29 is 9.53 Å². The van der Waals surface area contributed by atoms with E-state index in [1.54, 1.807) is 13.2 Å². The first-order valence-electron chi connectivity index (χ1n) is 5.36. The van der Waals surface area contributed by atoms with Gasteiger partial charge in [-0.25, -0.2) is 0 Å². The molecule has 1 aromatic carbocycles. The Balaban J connectivity index is 2.39. The lowest BCUT2D eigenvalue weighted by molar-refractivity contribution is 0.104. The molecule has 1 aromatic heterocycles. The van der Waals surface area contributed by atoms with Gasteiger partial charge >= 0.3 is 0 Å². The molecule has 0 aliphatic heterocycles. The van der Waals surface area contributed by atoms with E-state index in [1.165, 1.54) is 11.3 Å². The molecule has 0 amide bonds. The molecule has 1 heterocycles. The van der Waals surface area contributed by atoms with Crippen LogP contribution in [0.15, 0.2) is 29.6 Å². The molecular weight excluding hydrogens is 232 g/mol. The molecule has 88 valence electrons. The second-order valence-corrected chi connectivity index (χ2v) is 4.91. The molecule has 2 aromatic rings. The van der Waals surface area contributed by atoms with Gasteiger partial charge in [0.25, 0.3) is 0 Å². The first-order chi connectivity index (χ1) is 8.11. The maximum atomic E-state index is 12.3. The summed E-state index contributed by atoms with van der Waals surface area (Å²) in [4.78, 5) is 13.0. The summed E-state index contributed by atoms with van der Waals surface area (Å²) >= 11 is 1.42. The Kier molecular flexibility index (Phi) is 3.29. The van der Waals surface area contributed by atoms with Crippen molar-refractivity contribution in [3.8, 4) is 5.75 Å². The van der Waals surface area contributed by atoms with Crippen LogP contribution in [0.5, 0.6) is 5.75 Å². The topological polar surface area (TPSA) is 26.3 Å². The fraction of sp³-hybridized carbons (Fsp3) is 0.214. The summed E-state index contributed by atoms with van der Waals surface area (Å²) in [6, 6.07) is 7.72. The molecule has 3 heteroatoms. The van der Waals surface area contributed by atoms with E-state index < -0.39 is 0 Å². The zero-order chi connectivity index (χ0) is 12.4. The van der Waals surface area contributed by atoms with Crippen molar-refractivity contribution in [3.63, 3.8) is 0 Å². The van der Waals surface area contributed by atoms with Gasteiger partial charge < -0.3 is 4.74 Å². The molecule has 0 atom stereocenters. The highest BCUT2D eigenvalue weighted by Crippen LogP contribution is 2.25. The molecule has 0 bridgehead atoms. The summed E-state index contributed by atoms with van der Waals surface area (Å²) in [7, 11) is 1.61. The predicted molar refractivity (Wildman–Crippen MR) is 70.2 cm³/mol. The van der Waals surface area contributed by atoms with Gasteiger partial charge in [-0.15, -0.1) is 11.3 Å². The van der Waals surface area contributed by atoms with E-state index in [-0.39, 0.29) is 5.78 Å². The third-order valence-corrected chi connectivity index (χ3v) is 3.58. The molecular formula is C14H14O2S. The molecule has 0 aliphatic rings. The Morgan fingerprint density at radius 3 is 2.65 bits per heavy atom. The Bertz CT molecular complexity index is 555. The number of carbonyl (C=O) groups is 1. The van der Waals surface area contributed by atoms with Gasteiger partial charge in [0.2, 0.25) is 5.78 Å². The van der Waals surface area contributed by atoms with E-state index in [0.717, 1.165) is 27.3 Å². The Labute approximate surface area is 105 Å². The fourth-order valence-corrected chi connectivity index (χ4v) is 2.47. The van der Waals surface area contributed by atoms with E-state index in [4.69, 9.17) is 4.74 Å². The van der Waals surface area contributed by atoms with Gasteiger partial charge in [0.1, 0.15) is 5.75 Å². The lowest BCUT2D eigenvalue weighted by Gasteiger charge is -2.04. The highest BCUT2D eigenvalue weighted by Gasteiger charge is 2.14. The molecule has 2 nitrogen and oxygen atoms in total. The molecule has 2 rings (SSSR count). The number of methoxy groups -OCH3 is 1. The Hall–Kier alpha value is -1.61. The van der Waals surface area contributed by atoms with Gasteiger partial charge in [-0.3, -0.25) is 4.79 Å². The number of benzene rings is 1. The van der Waals surface area contributed by atoms with Gasteiger partial charge in [-0.2, -0.15) is 0 Å². The predicted octanol–water partition coefficient (Wildman–Crippen LogP) is 3.60. The zero-order valence-corrected chi connectivity index (χ0v) is 10.9. The van der Waals surface area contributed by atoms with Gasteiger partial charge in [-0.1, -0.05) is 17.7 Å². The van der Waals surface area contributed by atoms with Gasteiger partial charge in [-0.05, 0) is 25.5 Å². The zero-order valence-electron chi connectivity index (χ0n) is 10.1. The van der Waals surface area contributed by atoms with Crippen LogP contribution < -0.4 is 4.74 Å². The van der Waals surface area contributed by atoms with Crippen LogP contribution in [0.25, 0.3) is 0 Å². The maximum absolute atomic E-state index is 12.3. The average molecular weight is 246 g/mol. The van der Waals surface area contributed by atoms with Crippen LogP contribution in [0, 0.1) is 13.8 Å². The molecule has 17 heavy (non-hydrogen) atoms. The summed E-state index contributed by atoms with van der Waals surface area (Å²) in [5, 5.41) is 1.85. The van der Waals surface area contributed by atoms with Gasteiger partial charge in [0.05, 0.1) is 12.0 Å². The lowest BCUT2D eigenvalue weighted by atomic mass is 10.0. The number of rotatable bonds is 3. The van der Waals surface area contributed by atoms with E-state index in [9.17, 15) is 4.79 Å². The number of ether oxygens (including phenoxy) is 1. The summed E-state index contributed by atoms with van der Waals surface area (Å²) in [6.07, 6.45) is 0. The Morgan fingerprint density at radius 2 is 2.00 bits per heavy atom. The van der Waals surface area contributed by atoms with Crippen LogP contribution in [0.2, 0.25) is 0 Å². The number of carbonyl (C=O) groups excluding carboxylic acids is 1. The highest BCUT2D eigenvalue weighted by molar-refractivity contribution is 7.12. The van der Waals surface area contributed by atoms with Gasteiger partial charge in [0, 0.05) is 17.0 Å². The highest BCUT2D eigenvalue weighted by atomic mass is 32.1. The second-order valence-electron chi connectivity index (χ2n) is 4.00. The minimum absolute atomic E-state index is 0.0690. The summed E-state index contributed by atoms with van der Waals surface area (Å²) in [6.45, 7) is 3.95. The minimum Gasteiger partial charge on any atom is -0.496 e. The SMILES string of the molecule is COc1csc(C(=O)c2cc(C)ccc2C)c1. The lowest BCUT2D eigenvalue weighted by Crippen LogP contribution is -2.01. The van der Waals surface area contributed by atoms with Crippen LogP contribution in [-0.4, -0.2) is 12.9 Å². The monoisotopic (exact) mass is 246 g/mol. The second kappa shape index (κ2) is 4.72. The molecule has 0 spiro atoms. The smallest absolute Gasteiger partial charge is 0.203 e. The third-order valence-electron chi connectivity index (χ3n) is 2.67. The molecule has 0 radical (unpaired) electrons. The van der Waals surface area contributed by atoms with Crippen molar-refractivity contribution in [2.24, 2.45) is 0 Å². The fourth-order valence-electron chi connectivity index (χ4n) is 1.66. The Morgan fingerprint density at radius 1 is 1.24 bits per heavy atom. The van der Waals surface area contributed by atoms with Crippen molar-refractivity contribution in [2.75, 3.05) is 7.11 Å². The van der Waals surface area contributed by atoms with Crippen LogP contribution in [0.3, 0.4) is 0 Å². The van der Waals surface area contributed by atoms with Crippen LogP contribution in [0.1, 0.15) is 26.4 Å². The largest absolute Gasteiger partial charge is 0.496 e. The normalized spacial score (nSPS) is 10.3. The van der Waals surface area contributed by atoms with Crippen molar-refractivity contribution >= 4 is 17.1 Å². The third kappa shape index (κ3) is 2.39. The number of hydrogen-bond acceptors (Lipinski definition) is 3. The van der Waals surface area contributed by atoms with E-state index >= 15 is 0 Å². The quantitative estimate of drug-likeness (QED) is 0.773. The van der Waals surface area contributed by atoms with Crippen molar-refractivity contribution in [2.45, 2.75) is 13.8 Å². The molecule has 0 unspecified atom stereocenters. The minimum atomic E-state index is 0.0690. The van der Waals surface area contributed by atoms with E-state index in [0.29, 0.717) is 0 Å². The molecule has 0 N–H and O–H groups in total. The maximum Gasteiger partial charge on any atom is 0.203 e. The number of hydrogen-bond donors (Lipinski definition) is 0.